The molecule has 1 atom stereocenters. The lowest BCUT2D eigenvalue weighted by Crippen LogP contribution is -2.24. The van der Waals surface area contributed by atoms with Crippen LogP contribution in [0.15, 0.2) is 41.1 Å². The van der Waals surface area contributed by atoms with Crippen LogP contribution < -0.4 is 11.1 Å². The molecule has 0 bridgehead atoms. The van der Waals surface area contributed by atoms with E-state index in [1.165, 1.54) is 11.1 Å². The fourth-order valence-electron chi connectivity index (χ4n) is 2.41. The SMILES string of the molecule is Nc1cncc(Br)c1NCC1Cc2ccccc21. The first kappa shape index (κ1) is 11.5. The van der Waals surface area contributed by atoms with E-state index >= 15 is 0 Å². The number of hydrogen-bond donors (Lipinski definition) is 2. The molecule has 0 aliphatic heterocycles. The molecule has 0 fully saturated rings. The molecule has 1 unspecified atom stereocenters. The van der Waals surface area contributed by atoms with Crippen molar-refractivity contribution in [2.75, 3.05) is 17.6 Å². The molecule has 3 N–H and O–H groups in total. The summed E-state index contributed by atoms with van der Waals surface area (Å²) in [6.45, 7) is 0.907. The second-order valence-corrected chi connectivity index (χ2v) is 5.42. The van der Waals surface area contributed by atoms with Crippen molar-refractivity contribution in [3.8, 4) is 0 Å². The zero-order valence-electron chi connectivity index (χ0n) is 9.86. The van der Waals surface area contributed by atoms with Gasteiger partial charge in [-0.05, 0) is 33.5 Å². The number of benzene rings is 1. The number of aromatic nitrogens is 1. The van der Waals surface area contributed by atoms with Gasteiger partial charge in [-0.2, -0.15) is 0 Å². The summed E-state index contributed by atoms with van der Waals surface area (Å²) in [5, 5.41) is 3.41. The quantitative estimate of drug-likeness (QED) is 0.915. The van der Waals surface area contributed by atoms with E-state index in [2.05, 4.69) is 50.5 Å². The molecular weight excluding hydrogens is 290 g/mol. The van der Waals surface area contributed by atoms with Gasteiger partial charge in [-0.25, -0.2) is 0 Å². The Morgan fingerprint density at radius 1 is 1.33 bits per heavy atom. The van der Waals surface area contributed by atoms with Crippen LogP contribution in [0.2, 0.25) is 0 Å². The van der Waals surface area contributed by atoms with Gasteiger partial charge in [-0.3, -0.25) is 4.98 Å². The molecular formula is C14H14BrN3. The summed E-state index contributed by atoms with van der Waals surface area (Å²) in [6, 6.07) is 8.60. The van der Waals surface area contributed by atoms with E-state index in [1.54, 1.807) is 12.4 Å². The minimum Gasteiger partial charge on any atom is -0.396 e. The molecule has 1 aliphatic rings. The van der Waals surface area contributed by atoms with Gasteiger partial charge in [0.25, 0.3) is 0 Å². The zero-order chi connectivity index (χ0) is 12.5. The van der Waals surface area contributed by atoms with Crippen molar-refractivity contribution in [3.05, 3.63) is 52.3 Å². The van der Waals surface area contributed by atoms with Gasteiger partial charge in [-0.15, -0.1) is 0 Å². The molecule has 3 rings (SSSR count). The molecule has 0 radical (unpaired) electrons. The number of halogens is 1. The van der Waals surface area contributed by atoms with Gasteiger partial charge < -0.3 is 11.1 Å². The Hall–Kier alpha value is -1.55. The van der Waals surface area contributed by atoms with E-state index in [4.69, 9.17) is 5.73 Å². The van der Waals surface area contributed by atoms with Crippen LogP contribution in [0, 0.1) is 0 Å². The first-order chi connectivity index (χ1) is 8.75. The lowest BCUT2D eigenvalue weighted by Gasteiger charge is -2.30. The van der Waals surface area contributed by atoms with Crippen LogP contribution in [0.25, 0.3) is 0 Å². The van der Waals surface area contributed by atoms with Crippen LogP contribution in [-0.2, 0) is 6.42 Å². The monoisotopic (exact) mass is 303 g/mol. The molecule has 92 valence electrons. The maximum Gasteiger partial charge on any atom is 0.0750 e. The normalized spacial score (nSPS) is 16.8. The number of pyridine rings is 1. The summed E-state index contributed by atoms with van der Waals surface area (Å²) < 4.78 is 0.912. The van der Waals surface area contributed by atoms with Crippen molar-refractivity contribution in [3.63, 3.8) is 0 Å². The fraction of sp³-hybridized carbons (Fsp3) is 0.214. The Bertz CT molecular complexity index is 563. The van der Waals surface area contributed by atoms with Gasteiger partial charge in [0.2, 0.25) is 0 Å². The van der Waals surface area contributed by atoms with Gasteiger partial charge >= 0.3 is 0 Å². The highest BCUT2D eigenvalue weighted by molar-refractivity contribution is 9.10. The summed E-state index contributed by atoms with van der Waals surface area (Å²) in [5.74, 6) is 0.584. The number of anilines is 2. The predicted molar refractivity (Wildman–Crippen MR) is 77.7 cm³/mol. The number of nitrogens with two attached hydrogens (primary N) is 1. The molecule has 1 aromatic carbocycles. The second-order valence-electron chi connectivity index (χ2n) is 4.57. The standard InChI is InChI=1S/C14H14BrN3/c15-12-7-17-8-13(16)14(12)18-6-10-5-9-3-1-2-4-11(9)10/h1-4,7-8,10H,5-6,16H2,(H,17,18). The lowest BCUT2D eigenvalue weighted by molar-refractivity contribution is 0.636. The first-order valence-corrected chi connectivity index (χ1v) is 6.75. The number of rotatable bonds is 3. The maximum atomic E-state index is 5.91. The number of nitrogen functional groups attached to an aromatic ring is 1. The number of fused-ring (bicyclic) bond motifs is 1. The van der Waals surface area contributed by atoms with Gasteiger partial charge in [0.05, 0.1) is 22.0 Å². The summed E-state index contributed by atoms with van der Waals surface area (Å²) in [5.41, 5.74) is 10.4. The third kappa shape index (κ3) is 1.97. The second kappa shape index (κ2) is 4.61. The topological polar surface area (TPSA) is 50.9 Å². The first-order valence-electron chi connectivity index (χ1n) is 5.96. The molecule has 1 heterocycles. The van der Waals surface area contributed by atoms with E-state index in [0.29, 0.717) is 11.6 Å². The minimum atomic E-state index is 0.584. The highest BCUT2D eigenvalue weighted by Crippen LogP contribution is 2.36. The van der Waals surface area contributed by atoms with Crippen molar-refractivity contribution in [1.29, 1.82) is 0 Å². The minimum absolute atomic E-state index is 0.584. The van der Waals surface area contributed by atoms with E-state index in [1.807, 2.05) is 0 Å². The zero-order valence-corrected chi connectivity index (χ0v) is 11.4. The van der Waals surface area contributed by atoms with Crippen molar-refractivity contribution < 1.29 is 0 Å². The molecule has 1 aliphatic carbocycles. The number of nitrogens with zero attached hydrogens (tertiary/aromatic N) is 1. The summed E-state index contributed by atoms with van der Waals surface area (Å²) in [4.78, 5) is 4.03. The predicted octanol–water partition coefficient (Wildman–Crippen LogP) is 3.18. The van der Waals surface area contributed by atoms with Gasteiger partial charge in [-0.1, -0.05) is 24.3 Å². The Morgan fingerprint density at radius 2 is 2.17 bits per heavy atom. The van der Waals surface area contributed by atoms with E-state index in [0.717, 1.165) is 23.1 Å². The van der Waals surface area contributed by atoms with Crippen LogP contribution in [-0.4, -0.2) is 11.5 Å². The van der Waals surface area contributed by atoms with Gasteiger partial charge in [0, 0.05) is 18.7 Å². The van der Waals surface area contributed by atoms with E-state index in [-0.39, 0.29) is 0 Å². The average Bonchev–Trinajstić information content (AvgIpc) is 2.33. The van der Waals surface area contributed by atoms with Crippen molar-refractivity contribution in [2.24, 2.45) is 0 Å². The molecule has 0 spiro atoms. The lowest BCUT2D eigenvalue weighted by atomic mass is 9.77. The smallest absolute Gasteiger partial charge is 0.0750 e. The molecule has 0 amide bonds. The Labute approximate surface area is 115 Å². The highest BCUT2D eigenvalue weighted by atomic mass is 79.9. The summed E-state index contributed by atoms with van der Waals surface area (Å²) >= 11 is 3.46. The van der Waals surface area contributed by atoms with Gasteiger partial charge in [0.1, 0.15) is 0 Å². The average molecular weight is 304 g/mol. The van der Waals surface area contributed by atoms with Crippen molar-refractivity contribution in [1.82, 2.24) is 4.98 Å². The van der Waals surface area contributed by atoms with E-state index < -0.39 is 0 Å². The maximum absolute atomic E-state index is 5.91. The summed E-state index contributed by atoms with van der Waals surface area (Å²) in [7, 11) is 0. The molecule has 18 heavy (non-hydrogen) atoms. The van der Waals surface area contributed by atoms with Crippen LogP contribution in [0.1, 0.15) is 17.0 Å². The van der Waals surface area contributed by atoms with Crippen LogP contribution in [0.4, 0.5) is 11.4 Å². The Morgan fingerprint density at radius 3 is 2.94 bits per heavy atom. The molecule has 3 nitrogen and oxygen atoms in total. The molecule has 0 saturated carbocycles. The van der Waals surface area contributed by atoms with Crippen LogP contribution >= 0.6 is 15.9 Å². The van der Waals surface area contributed by atoms with Crippen molar-refractivity contribution >= 4 is 27.3 Å². The largest absolute Gasteiger partial charge is 0.396 e. The van der Waals surface area contributed by atoms with Crippen molar-refractivity contribution in [2.45, 2.75) is 12.3 Å². The molecule has 0 saturated heterocycles. The van der Waals surface area contributed by atoms with E-state index in [9.17, 15) is 0 Å². The number of hydrogen-bond acceptors (Lipinski definition) is 3. The van der Waals surface area contributed by atoms with Crippen LogP contribution in [0.5, 0.6) is 0 Å². The molecule has 1 aromatic heterocycles. The Kier molecular flexibility index (Phi) is 2.96. The molecule has 2 aromatic rings. The Balaban J connectivity index is 1.70. The van der Waals surface area contributed by atoms with Crippen LogP contribution in [0.3, 0.4) is 0 Å². The third-order valence-corrected chi connectivity index (χ3v) is 4.02. The molecule has 4 heteroatoms. The highest BCUT2D eigenvalue weighted by Gasteiger charge is 2.25. The summed E-state index contributed by atoms with van der Waals surface area (Å²) in [6.07, 6.45) is 4.57. The fourth-order valence-corrected chi connectivity index (χ4v) is 2.89. The number of nitrogens with one attached hydrogen (secondary N) is 1. The third-order valence-electron chi connectivity index (χ3n) is 3.42. The van der Waals surface area contributed by atoms with Gasteiger partial charge in [0.15, 0.2) is 0 Å².